The standard InChI is InChI=1S/C38H59N3O6/c1-4-6-13-36-30(24-43)20-31(47-36)16-14-27-15-17-35(45)37(19-27)46-25-34(39-5-2)33-21-29(23-41-33)38(28-10-7-8-11-28)32(12-9-18-42)40-22-26(3)44/h15,17,19-21,23,26,28,32,34,36,38-40,42-45H,4-14,16,18,22,24-25H2,1-3H3. The Labute approximate surface area is 282 Å². The summed E-state index contributed by atoms with van der Waals surface area (Å²) in [5.74, 6) is 1.33. The number of nitrogens with one attached hydrogen (secondary N) is 2. The first-order chi connectivity index (χ1) is 22.9. The third kappa shape index (κ3) is 11.0. The van der Waals surface area contributed by atoms with Gasteiger partial charge < -0.3 is 35.2 Å². The third-order valence-electron chi connectivity index (χ3n) is 9.71. The maximum Gasteiger partial charge on any atom is 0.176 e. The Morgan fingerprint density at radius 2 is 1.96 bits per heavy atom. The summed E-state index contributed by atoms with van der Waals surface area (Å²) in [4.78, 5) is 4.88. The molecule has 0 spiro atoms. The number of nitrogens with zero attached hydrogens (tertiary/aromatic N) is 1. The Morgan fingerprint density at radius 3 is 2.66 bits per heavy atom. The predicted molar refractivity (Wildman–Crippen MR) is 187 cm³/mol. The number of phenols is 1. The van der Waals surface area contributed by atoms with Gasteiger partial charge in [-0.3, -0.25) is 5.32 Å². The molecule has 1 aliphatic carbocycles. The van der Waals surface area contributed by atoms with E-state index in [-0.39, 0.29) is 43.1 Å². The van der Waals surface area contributed by atoms with Gasteiger partial charge in [-0.05, 0) is 75.6 Å². The fraction of sp³-hybridized carbons (Fsp3) is 0.658. The number of aliphatic hydroxyl groups is 3. The van der Waals surface area contributed by atoms with Gasteiger partial charge in [0.2, 0.25) is 0 Å². The van der Waals surface area contributed by atoms with E-state index in [0.717, 1.165) is 61.9 Å². The predicted octanol–water partition coefficient (Wildman–Crippen LogP) is 5.18. The van der Waals surface area contributed by atoms with Crippen molar-refractivity contribution in [1.29, 1.82) is 0 Å². The normalized spacial score (nSPS) is 20.9. The lowest BCUT2D eigenvalue weighted by Gasteiger charge is -2.30. The summed E-state index contributed by atoms with van der Waals surface area (Å²) in [6.07, 6.45) is 17.5. The molecular formula is C38H59N3O6. The second-order valence-electron chi connectivity index (χ2n) is 13.4. The molecular weight excluding hydrogens is 594 g/mol. The van der Waals surface area contributed by atoms with Gasteiger partial charge in [-0.15, -0.1) is 4.99 Å². The summed E-state index contributed by atoms with van der Waals surface area (Å²) in [5.41, 5.74) is 3.19. The number of ether oxygens (including phenoxy) is 2. The molecule has 1 aromatic carbocycles. The van der Waals surface area contributed by atoms with Gasteiger partial charge in [0.15, 0.2) is 23.8 Å². The number of aliphatic imine (C=N–C) groups is 1. The number of rotatable bonds is 22. The van der Waals surface area contributed by atoms with Crippen LogP contribution in [-0.2, 0) is 11.2 Å². The van der Waals surface area contributed by atoms with Crippen molar-refractivity contribution in [3.8, 4) is 11.5 Å². The number of benzene rings is 1. The average molecular weight is 654 g/mol. The van der Waals surface area contributed by atoms with Crippen LogP contribution in [0, 0.1) is 24.0 Å². The van der Waals surface area contributed by atoms with Crippen molar-refractivity contribution in [2.75, 3.05) is 32.9 Å². The Morgan fingerprint density at radius 1 is 1.15 bits per heavy atom. The van der Waals surface area contributed by atoms with Gasteiger partial charge in [0.05, 0.1) is 18.1 Å². The van der Waals surface area contributed by atoms with Crippen molar-refractivity contribution in [3.63, 3.8) is 0 Å². The molecule has 2 heterocycles. The molecule has 6 N–H and O–H groups in total. The highest BCUT2D eigenvalue weighted by atomic mass is 16.5. The second-order valence-corrected chi connectivity index (χ2v) is 13.4. The first-order valence-electron chi connectivity index (χ1n) is 18.0. The summed E-state index contributed by atoms with van der Waals surface area (Å²) >= 11 is 0. The molecule has 3 aliphatic rings. The molecule has 5 unspecified atom stereocenters. The molecule has 47 heavy (non-hydrogen) atoms. The van der Waals surface area contributed by atoms with E-state index in [4.69, 9.17) is 14.5 Å². The van der Waals surface area contributed by atoms with Gasteiger partial charge >= 0.3 is 0 Å². The molecule has 1 fully saturated rings. The van der Waals surface area contributed by atoms with Crippen LogP contribution in [0.15, 0.2) is 46.5 Å². The quantitative estimate of drug-likeness (QED) is 0.0943. The van der Waals surface area contributed by atoms with Crippen molar-refractivity contribution < 1.29 is 29.9 Å². The molecule has 0 amide bonds. The van der Waals surface area contributed by atoms with E-state index < -0.39 is 6.10 Å². The van der Waals surface area contributed by atoms with E-state index in [0.29, 0.717) is 37.7 Å². The summed E-state index contributed by atoms with van der Waals surface area (Å²) in [5, 5.41) is 47.2. The number of aliphatic hydroxyl groups excluding tert-OH is 3. The molecule has 0 radical (unpaired) electrons. The molecule has 0 aromatic heterocycles. The minimum atomic E-state index is -0.442. The summed E-state index contributed by atoms with van der Waals surface area (Å²) < 4.78 is 12.4. The Balaban J connectivity index is 1.41. The van der Waals surface area contributed by atoms with E-state index in [1.54, 1.807) is 13.0 Å². The van der Waals surface area contributed by atoms with Gasteiger partial charge in [0.25, 0.3) is 0 Å². The molecule has 262 valence electrons. The molecule has 0 saturated heterocycles. The summed E-state index contributed by atoms with van der Waals surface area (Å²) in [6.45, 7) is 7.76. The second kappa shape index (κ2) is 19.5. The van der Waals surface area contributed by atoms with E-state index in [2.05, 4.69) is 30.6 Å². The van der Waals surface area contributed by atoms with Crippen LogP contribution in [0.1, 0.15) is 90.5 Å². The van der Waals surface area contributed by atoms with Crippen LogP contribution < -0.4 is 15.4 Å². The minimum absolute atomic E-state index is 0.0210. The maximum absolute atomic E-state index is 10.7. The SMILES string of the molecule is CCCCC1O[C-](CCc2ccc(O)c(OCC(NCC)[C+]3C=C(C(C4CCCC4)C(CCCO)NCC(C)O)C=N3)c2)C=C1CO. The van der Waals surface area contributed by atoms with Crippen LogP contribution in [0.3, 0.4) is 0 Å². The molecule has 9 nitrogen and oxygen atoms in total. The smallest absolute Gasteiger partial charge is 0.176 e. The zero-order valence-corrected chi connectivity index (χ0v) is 28.8. The van der Waals surface area contributed by atoms with Gasteiger partial charge in [0, 0.05) is 31.9 Å². The van der Waals surface area contributed by atoms with Crippen molar-refractivity contribution in [2.45, 2.75) is 116 Å². The van der Waals surface area contributed by atoms with Crippen LogP contribution in [0.25, 0.3) is 0 Å². The number of aryl methyl sites for hydroxylation is 1. The maximum atomic E-state index is 10.7. The molecule has 5 atom stereocenters. The topological polar surface area (TPSA) is 136 Å². The van der Waals surface area contributed by atoms with Crippen molar-refractivity contribution in [1.82, 2.24) is 10.6 Å². The number of likely N-dealkylation sites (N-methyl/N-ethyl adjacent to an activating group) is 1. The molecule has 1 saturated carbocycles. The average Bonchev–Trinajstić information content (AvgIpc) is 3.85. The van der Waals surface area contributed by atoms with Crippen LogP contribution in [0.5, 0.6) is 11.5 Å². The van der Waals surface area contributed by atoms with E-state index in [1.807, 2.05) is 24.4 Å². The van der Waals surface area contributed by atoms with Crippen molar-refractivity contribution in [3.05, 3.63) is 59.2 Å². The summed E-state index contributed by atoms with van der Waals surface area (Å²) in [7, 11) is 0. The number of unbranched alkanes of at least 4 members (excludes halogenated alkanes) is 1. The van der Waals surface area contributed by atoms with Gasteiger partial charge in [-0.1, -0.05) is 58.1 Å². The molecule has 9 heteroatoms. The van der Waals surface area contributed by atoms with Gasteiger partial charge in [-0.2, -0.15) is 11.6 Å². The lowest BCUT2D eigenvalue weighted by molar-refractivity contribution is 0.103. The van der Waals surface area contributed by atoms with Crippen LogP contribution >= 0.6 is 0 Å². The van der Waals surface area contributed by atoms with Crippen molar-refractivity contribution in [2.24, 2.45) is 16.8 Å². The van der Waals surface area contributed by atoms with E-state index in [9.17, 15) is 20.4 Å². The number of phenolic OH excluding ortho intramolecular Hbond substituents is 1. The highest BCUT2D eigenvalue weighted by Crippen LogP contribution is 2.40. The monoisotopic (exact) mass is 653 g/mol. The number of hydrogen-bond donors (Lipinski definition) is 6. The highest BCUT2D eigenvalue weighted by Gasteiger charge is 2.41. The van der Waals surface area contributed by atoms with Crippen LogP contribution in [0.2, 0.25) is 0 Å². The lowest BCUT2D eigenvalue weighted by atomic mass is 9.77. The fourth-order valence-corrected chi connectivity index (χ4v) is 7.23. The van der Waals surface area contributed by atoms with E-state index in [1.165, 1.54) is 31.3 Å². The Kier molecular flexibility index (Phi) is 15.4. The van der Waals surface area contributed by atoms with Crippen LogP contribution in [0.4, 0.5) is 0 Å². The first kappa shape index (κ1) is 37.3. The highest BCUT2D eigenvalue weighted by molar-refractivity contribution is 5.84. The molecule has 1 aromatic rings. The van der Waals surface area contributed by atoms with Gasteiger partial charge in [0.1, 0.15) is 18.2 Å². The number of hydrogen-bond acceptors (Lipinski definition) is 9. The largest absolute Gasteiger partial charge is 0.504 e. The number of aromatic hydroxyl groups is 1. The molecule has 0 bridgehead atoms. The summed E-state index contributed by atoms with van der Waals surface area (Å²) in [6, 6.07) is 6.40. The molecule has 4 rings (SSSR count). The zero-order chi connectivity index (χ0) is 33.6. The minimum Gasteiger partial charge on any atom is -0.504 e. The molecule has 2 aliphatic heterocycles. The Bertz CT molecular complexity index is 1160. The third-order valence-corrected chi connectivity index (χ3v) is 9.71. The fourth-order valence-electron chi connectivity index (χ4n) is 7.23. The first-order valence-corrected chi connectivity index (χ1v) is 18.0. The van der Waals surface area contributed by atoms with Gasteiger partial charge in [-0.25, -0.2) is 0 Å². The zero-order valence-electron chi connectivity index (χ0n) is 28.8. The van der Waals surface area contributed by atoms with Crippen molar-refractivity contribution >= 4 is 6.21 Å². The van der Waals surface area contributed by atoms with E-state index >= 15 is 0 Å². The Hall–Kier alpha value is -2.53. The van der Waals surface area contributed by atoms with Crippen LogP contribution in [-0.4, -0.2) is 83.8 Å². The lowest BCUT2D eigenvalue weighted by Crippen LogP contribution is -2.43.